The summed E-state index contributed by atoms with van der Waals surface area (Å²) in [7, 11) is 0. The van der Waals surface area contributed by atoms with Crippen molar-refractivity contribution >= 4 is 5.69 Å². The molecule has 2 aromatic rings. The van der Waals surface area contributed by atoms with Crippen LogP contribution in [0.1, 0.15) is 26.6 Å². The molecule has 0 fully saturated rings. The van der Waals surface area contributed by atoms with Gasteiger partial charge in [0.2, 0.25) is 5.82 Å². The molecule has 0 spiro atoms. The van der Waals surface area contributed by atoms with Gasteiger partial charge in [0.05, 0.1) is 5.56 Å². The summed E-state index contributed by atoms with van der Waals surface area (Å²) in [6.07, 6.45) is 0. The number of anilines is 1. The molecule has 2 N–H and O–H groups in total. The molecule has 0 bridgehead atoms. The van der Waals surface area contributed by atoms with E-state index in [9.17, 15) is 4.39 Å². The fourth-order valence-corrected chi connectivity index (χ4v) is 1.76. The Bertz CT molecular complexity index is 561. The third-order valence-corrected chi connectivity index (χ3v) is 2.73. The number of halogens is 1. The smallest absolute Gasteiger partial charge is 0.263 e. The van der Waals surface area contributed by atoms with Gasteiger partial charge in [0.1, 0.15) is 11.4 Å². The normalized spacial score (nSPS) is 11.8. The summed E-state index contributed by atoms with van der Waals surface area (Å²) < 4.78 is 24.3. The van der Waals surface area contributed by atoms with E-state index < -0.39 is 11.4 Å². The molecule has 0 aliphatic heterocycles. The molecule has 0 atom stereocenters. The molecule has 2 rings (SSSR count). The number of ether oxygens (including phenoxy) is 1. The van der Waals surface area contributed by atoms with Crippen LogP contribution in [0.25, 0.3) is 11.5 Å². The topological polar surface area (TPSA) is 74.2 Å². The van der Waals surface area contributed by atoms with Crippen LogP contribution in [0, 0.1) is 5.82 Å². The lowest BCUT2D eigenvalue weighted by atomic mass is 10.1. The number of rotatable bonds is 4. The van der Waals surface area contributed by atoms with Crippen molar-refractivity contribution in [2.75, 3.05) is 12.3 Å². The van der Waals surface area contributed by atoms with Gasteiger partial charge in [0.25, 0.3) is 5.89 Å². The lowest BCUT2D eigenvalue weighted by Crippen LogP contribution is -2.23. The second-order valence-electron chi connectivity index (χ2n) is 4.57. The van der Waals surface area contributed by atoms with Crippen molar-refractivity contribution in [1.82, 2.24) is 10.1 Å². The van der Waals surface area contributed by atoms with Gasteiger partial charge in [-0.05, 0) is 32.9 Å². The number of hydrogen-bond donors (Lipinski definition) is 1. The number of hydrogen-bond acceptors (Lipinski definition) is 5. The molecule has 0 aliphatic rings. The van der Waals surface area contributed by atoms with Crippen LogP contribution >= 0.6 is 0 Å². The van der Waals surface area contributed by atoms with Crippen LogP contribution in [0.2, 0.25) is 0 Å². The minimum atomic E-state index is -0.698. The van der Waals surface area contributed by atoms with E-state index in [-0.39, 0.29) is 17.1 Å². The minimum Gasteiger partial charge on any atom is -0.398 e. The van der Waals surface area contributed by atoms with E-state index in [1.807, 2.05) is 20.8 Å². The number of nitrogens with two attached hydrogens (primary N) is 1. The molecule has 0 saturated heterocycles. The van der Waals surface area contributed by atoms with Crippen LogP contribution < -0.4 is 5.73 Å². The van der Waals surface area contributed by atoms with Crippen molar-refractivity contribution in [3.05, 3.63) is 29.8 Å². The summed E-state index contributed by atoms with van der Waals surface area (Å²) >= 11 is 0. The Morgan fingerprint density at radius 2 is 2.16 bits per heavy atom. The number of nitrogen functional groups attached to an aromatic ring is 1. The quantitative estimate of drug-likeness (QED) is 0.860. The lowest BCUT2D eigenvalue weighted by molar-refractivity contribution is -0.0221. The van der Waals surface area contributed by atoms with Crippen LogP contribution in [0.5, 0.6) is 0 Å². The molecule has 102 valence electrons. The molecule has 6 heteroatoms. The maximum atomic E-state index is 13.8. The van der Waals surface area contributed by atoms with Crippen LogP contribution in [0.3, 0.4) is 0 Å². The Labute approximate surface area is 110 Å². The third-order valence-electron chi connectivity index (χ3n) is 2.73. The molecule has 5 nitrogen and oxygen atoms in total. The van der Waals surface area contributed by atoms with Crippen molar-refractivity contribution in [2.45, 2.75) is 26.4 Å². The number of aromatic nitrogens is 2. The number of nitrogens with zero attached hydrogens (tertiary/aromatic N) is 2. The zero-order valence-electron chi connectivity index (χ0n) is 11.1. The van der Waals surface area contributed by atoms with Crippen LogP contribution in [0.4, 0.5) is 10.1 Å². The lowest BCUT2D eigenvalue weighted by Gasteiger charge is -2.19. The highest BCUT2D eigenvalue weighted by molar-refractivity contribution is 5.70. The number of benzene rings is 1. The standard InChI is InChI=1S/C13H16FN3O2/c1-4-18-13(2,3)12-16-11(19-17-12)10-8(14)6-5-7-9(10)15/h5-7H,4,15H2,1-3H3. The summed E-state index contributed by atoms with van der Waals surface area (Å²) in [5, 5.41) is 3.83. The second-order valence-corrected chi connectivity index (χ2v) is 4.57. The van der Waals surface area contributed by atoms with Gasteiger partial charge in [0.15, 0.2) is 0 Å². The van der Waals surface area contributed by atoms with Crippen LogP contribution in [-0.2, 0) is 10.3 Å². The van der Waals surface area contributed by atoms with Crippen molar-refractivity contribution in [3.8, 4) is 11.5 Å². The zero-order valence-corrected chi connectivity index (χ0v) is 11.1. The highest BCUT2D eigenvalue weighted by Gasteiger charge is 2.28. The van der Waals surface area contributed by atoms with Gasteiger partial charge < -0.3 is 15.0 Å². The van der Waals surface area contributed by atoms with Gasteiger partial charge in [-0.3, -0.25) is 0 Å². The predicted octanol–water partition coefficient (Wildman–Crippen LogP) is 2.73. The van der Waals surface area contributed by atoms with Crippen molar-refractivity contribution in [3.63, 3.8) is 0 Å². The SMILES string of the molecule is CCOC(C)(C)c1noc(-c2c(N)cccc2F)n1. The Balaban J connectivity index is 2.42. The monoisotopic (exact) mass is 265 g/mol. The molecule has 0 saturated carbocycles. The molecule has 19 heavy (non-hydrogen) atoms. The van der Waals surface area contributed by atoms with Crippen molar-refractivity contribution < 1.29 is 13.7 Å². The maximum absolute atomic E-state index is 13.8. The van der Waals surface area contributed by atoms with Crippen LogP contribution in [0.15, 0.2) is 22.7 Å². The Hall–Kier alpha value is -1.95. The second kappa shape index (κ2) is 4.97. The summed E-state index contributed by atoms with van der Waals surface area (Å²) in [5.74, 6) is -0.0882. The third kappa shape index (κ3) is 2.58. The fraction of sp³-hybridized carbons (Fsp3) is 0.385. The van der Waals surface area contributed by atoms with Gasteiger partial charge in [-0.2, -0.15) is 4.98 Å². The van der Waals surface area contributed by atoms with Gasteiger partial charge in [-0.25, -0.2) is 4.39 Å². The largest absolute Gasteiger partial charge is 0.398 e. The van der Waals surface area contributed by atoms with Gasteiger partial charge >= 0.3 is 0 Å². The van der Waals surface area contributed by atoms with E-state index in [1.54, 1.807) is 6.07 Å². The summed E-state index contributed by atoms with van der Waals surface area (Å²) in [4.78, 5) is 4.17. The van der Waals surface area contributed by atoms with E-state index in [0.29, 0.717) is 12.4 Å². The molecule has 0 unspecified atom stereocenters. The van der Waals surface area contributed by atoms with Gasteiger partial charge in [0, 0.05) is 12.3 Å². The fourth-order valence-electron chi connectivity index (χ4n) is 1.76. The molecule has 1 aromatic carbocycles. The summed E-state index contributed by atoms with van der Waals surface area (Å²) in [6.45, 7) is 6.02. The molecule has 0 amide bonds. The zero-order chi connectivity index (χ0) is 14.0. The van der Waals surface area contributed by atoms with E-state index >= 15 is 0 Å². The highest BCUT2D eigenvalue weighted by atomic mass is 19.1. The predicted molar refractivity (Wildman–Crippen MR) is 68.8 cm³/mol. The Morgan fingerprint density at radius 3 is 2.79 bits per heavy atom. The van der Waals surface area contributed by atoms with E-state index in [0.717, 1.165) is 0 Å². The average Bonchev–Trinajstić information content (AvgIpc) is 2.78. The first-order valence-corrected chi connectivity index (χ1v) is 5.98. The average molecular weight is 265 g/mol. The Kier molecular flexibility index (Phi) is 3.53. The first kappa shape index (κ1) is 13.5. The summed E-state index contributed by atoms with van der Waals surface area (Å²) in [5.41, 5.74) is 5.41. The molecule has 1 aromatic heterocycles. The highest BCUT2D eigenvalue weighted by Crippen LogP contribution is 2.30. The van der Waals surface area contributed by atoms with Crippen molar-refractivity contribution in [2.24, 2.45) is 0 Å². The summed E-state index contributed by atoms with van der Waals surface area (Å²) in [6, 6.07) is 4.40. The molecular formula is C13H16FN3O2. The molecular weight excluding hydrogens is 249 g/mol. The first-order chi connectivity index (χ1) is 8.95. The molecule has 1 heterocycles. The Morgan fingerprint density at radius 1 is 1.42 bits per heavy atom. The van der Waals surface area contributed by atoms with Crippen molar-refractivity contribution in [1.29, 1.82) is 0 Å². The van der Waals surface area contributed by atoms with Gasteiger partial charge in [-0.1, -0.05) is 11.2 Å². The van der Waals surface area contributed by atoms with E-state index in [1.165, 1.54) is 12.1 Å². The first-order valence-electron chi connectivity index (χ1n) is 5.98. The van der Waals surface area contributed by atoms with Crippen LogP contribution in [-0.4, -0.2) is 16.7 Å². The minimum absolute atomic E-state index is 0.0541. The molecule has 0 radical (unpaired) electrons. The maximum Gasteiger partial charge on any atom is 0.263 e. The van der Waals surface area contributed by atoms with E-state index in [4.69, 9.17) is 15.0 Å². The van der Waals surface area contributed by atoms with Gasteiger partial charge in [-0.15, -0.1) is 0 Å². The molecule has 0 aliphatic carbocycles. The van der Waals surface area contributed by atoms with E-state index in [2.05, 4.69) is 10.1 Å².